The smallest absolute Gasteiger partial charge is 0.0593 e. The second-order valence-electron chi connectivity index (χ2n) is 4.31. The fraction of sp³-hybridized carbons (Fsp3) is 1.00. The molecule has 0 aromatic carbocycles. The van der Waals surface area contributed by atoms with Gasteiger partial charge in [-0.15, -0.1) is 0 Å². The van der Waals surface area contributed by atoms with Crippen molar-refractivity contribution >= 4 is 0 Å². The summed E-state index contributed by atoms with van der Waals surface area (Å²) in [5.74, 6) is 0.899. The molecule has 2 fully saturated rings. The minimum absolute atomic E-state index is 0.754. The number of nitrogens with zero attached hydrogens (tertiary/aromatic N) is 1. The van der Waals surface area contributed by atoms with Crippen LogP contribution in [0.3, 0.4) is 0 Å². The molecule has 0 spiro atoms. The number of ether oxygens (including phenoxy) is 1. The topological polar surface area (TPSA) is 24.5 Å². The third-order valence-corrected chi connectivity index (χ3v) is 3.02. The number of likely N-dealkylation sites (N-methyl/N-ethyl adjacent to an activating group) is 1. The van der Waals surface area contributed by atoms with Gasteiger partial charge in [0.2, 0.25) is 0 Å². The molecule has 1 aliphatic heterocycles. The molecule has 3 nitrogen and oxygen atoms in total. The van der Waals surface area contributed by atoms with Gasteiger partial charge in [-0.3, -0.25) is 4.90 Å². The van der Waals surface area contributed by atoms with E-state index < -0.39 is 0 Å². The third kappa shape index (κ3) is 2.93. The van der Waals surface area contributed by atoms with Crippen molar-refractivity contribution in [3.8, 4) is 0 Å². The Morgan fingerprint density at radius 1 is 1.38 bits per heavy atom. The quantitative estimate of drug-likeness (QED) is 0.602. The van der Waals surface area contributed by atoms with E-state index in [0.717, 1.165) is 44.8 Å². The highest BCUT2D eigenvalue weighted by Crippen LogP contribution is 2.28. The summed E-state index contributed by atoms with van der Waals surface area (Å²) in [4.78, 5) is 2.39. The Kier molecular flexibility index (Phi) is 3.19. The Bertz CT molecular complexity index is 155. The Hall–Kier alpha value is -0.120. The predicted molar refractivity (Wildman–Crippen MR) is 52.8 cm³/mol. The van der Waals surface area contributed by atoms with Crippen LogP contribution < -0.4 is 5.32 Å². The van der Waals surface area contributed by atoms with Gasteiger partial charge in [-0.1, -0.05) is 0 Å². The maximum absolute atomic E-state index is 5.58. The molecule has 0 amide bonds. The molecular formula is C10H20N2O. The summed E-state index contributed by atoms with van der Waals surface area (Å²) in [6.45, 7) is 5.29. The van der Waals surface area contributed by atoms with Gasteiger partial charge in [-0.25, -0.2) is 0 Å². The number of rotatable bonds is 6. The number of nitrogens with one attached hydrogen (secondary N) is 1. The van der Waals surface area contributed by atoms with Crippen molar-refractivity contribution < 1.29 is 4.74 Å². The van der Waals surface area contributed by atoms with E-state index in [1.54, 1.807) is 0 Å². The minimum atomic E-state index is 0.754. The van der Waals surface area contributed by atoms with Gasteiger partial charge in [0.1, 0.15) is 0 Å². The molecule has 0 aromatic heterocycles. The molecule has 1 heterocycles. The Balaban J connectivity index is 1.46. The molecule has 76 valence electrons. The monoisotopic (exact) mass is 184 g/mol. The van der Waals surface area contributed by atoms with Gasteiger partial charge in [-0.2, -0.15) is 0 Å². The Morgan fingerprint density at radius 3 is 2.69 bits per heavy atom. The molecule has 0 unspecified atom stereocenters. The van der Waals surface area contributed by atoms with Crippen molar-refractivity contribution in [1.29, 1.82) is 0 Å². The highest BCUT2D eigenvalue weighted by atomic mass is 16.5. The van der Waals surface area contributed by atoms with E-state index >= 15 is 0 Å². The van der Waals surface area contributed by atoms with Crippen LogP contribution in [0, 0.1) is 5.92 Å². The van der Waals surface area contributed by atoms with Crippen LogP contribution in [-0.4, -0.2) is 50.8 Å². The lowest BCUT2D eigenvalue weighted by Crippen LogP contribution is -2.56. The second-order valence-corrected chi connectivity index (χ2v) is 4.31. The van der Waals surface area contributed by atoms with E-state index in [4.69, 9.17) is 4.74 Å². The van der Waals surface area contributed by atoms with Crippen molar-refractivity contribution in [1.82, 2.24) is 10.2 Å². The fourth-order valence-corrected chi connectivity index (χ4v) is 1.51. The van der Waals surface area contributed by atoms with Gasteiger partial charge in [-0.05, 0) is 25.8 Å². The molecule has 2 aliphatic rings. The van der Waals surface area contributed by atoms with Crippen LogP contribution in [0.2, 0.25) is 0 Å². The number of hydrogen-bond donors (Lipinski definition) is 1. The molecule has 0 radical (unpaired) electrons. The zero-order chi connectivity index (χ0) is 9.10. The molecule has 1 aliphatic carbocycles. The first-order chi connectivity index (χ1) is 6.36. The van der Waals surface area contributed by atoms with E-state index in [0.29, 0.717) is 0 Å². The molecule has 2 rings (SSSR count). The maximum atomic E-state index is 5.58. The van der Waals surface area contributed by atoms with E-state index in [1.807, 2.05) is 0 Å². The van der Waals surface area contributed by atoms with Crippen molar-refractivity contribution in [2.45, 2.75) is 18.9 Å². The van der Waals surface area contributed by atoms with Gasteiger partial charge in [0, 0.05) is 32.3 Å². The van der Waals surface area contributed by atoms with Crippen molar-refractivity contribution in [2.75, 3.05) is 39.9 Å². The van der Waals surface area contributed by atoms with Crippen LogP contribution in [0.1, 0.15) is 12.8 Å². The summed E-state index contributed by atoms with van der Waals surface area (Å²) in [7, 11) is 2.19. The Morgan fingerprint density at radius 2 is 2.15 bits per heavy atom. The maximum Gasteiger partial charge on any atom is 0.0593 e. The zero-order valence-electron chi connectivity index (χ0n) is 8.46. The first kappa shape index (κ1) is 9.44. The molecule has 1 saturated carbocycles. The number of hydrogen-bond acceptors (Lipinski definition) is 3. The first-order valence-corrected chi connectivity index (χ1v) is 5.35. The van der Waals surface area contributed by atoms with Gasteiger partial charge >= 0.3 is 0 Å². The van der Waals surface area contributed by atoms with Crippen LogP contribution in [0.4, 0.5) is 0 Å². The molecular weight excluding hydrogens is 164 g/mol. The van der Waals surface area contributed by atoms with Crippen LogP contribution >= 0.6 is 0 Å². The Labute approximate surface area is 80.4 Å². The van der Waals surface area contributed by atoms with Gasteiger partial charge in [0.15, 0.2) is 0 Å². The summed E-state index contributed by atoms with van der Waals surface area (Å²) >= 11 is 0. The molecule has 0 aromatic rings. The average molecular weight is 184 g/mol. The molecule has 0 bridgehead atoms. The van der Waals surface area contributed by atoms with Gasteiger partial charge in [0.25, 0.3) is 0 Å². The lowest BCUT2D eigenvalue weighted by Gasteiger charge is -2.35. The van der Waals surface area contributed by atoms with Gasteiger partial charge in [0.05, 0.1) is 6.61 Å². The summed E-state index contributed by atoms with van der Waals surface area (Å²) in [5.41, 5.74) is 0. The molecule has 3 heteroatoms. The van der Waals surface area contributed by atoms with Crippen LogP contribution in [0.5, 0.6) is 0 Å². The first-order valence-electron chi connectivity index (χ1n) is 5.35. The average Bonchev–Trinajstić information content (AvgIpc) is 2.77. The van der Waals surface area contributed by atoms with Crippen LogP contribution in [0.25, 0.3) is 0 Å². The van der Waals surface area contributed by atoms with E-state index in [2.05, 4.69) is 17.3 Å². The van der Waals surface area contributed by atoms with E-state index in [1.165, 1.54) is 12.8 Å². The fourth-order valence-electron chi connectivity index (χ4n) is 1.51. The second kappa shape index (κ2) is 4.40. The van der Waals surface area contributed by atoms with Crippen LogP contribution in [-0.2, 0) is 4.74 Å². The van der Waals surface area contributed by atoms with Gasteiger partial charge < -0.3 is 10.1 Å². The lowest BCUT2D eigenvalue weighted by molar-refractivity contribution is 0.0809. The minimum Gasteiger partial charge on any atom is -0.380 e. The standard InChI is InChI=1S/C10H20N2O/c1-12(10-6-11-7-10)4-5-13-8-9-2-3-9/h9-11H,2-8H2,1H3. The summed E-state index contributed by atoms with van der Waals surface area (Å²) in [6.07, 6.45) is 2.78. The van der Waals surface area contributed by atoms with Crippen molar-refractivity contribution in [2.24, 2.45) is 5.92 Å². The highest BCUT2D eigenvalue weighted by molar-refractivity contribution is 4.82. The van der Waals surface area contributed by atoms with E-state index in [9.17, 15) is 0 Å². The predicted octanol–water partition coefficient (Wildman–Crippen LogP) is 0.317. The molecule has 0 atom stereocenters. The molecule has 13 heavy (non-hydrogen) atoms. The molecule has 1 saturated heterocycles. The summed E-state index contributed by atoms with van der Waals surface area (Å²) in [6, 6.07) is 0.754. The van der Waals surface area contributed by atoms with Crippen molar-refractivity contribution in [3.63, 3.8) is 0 Å². The summed E-state index contributed by atoms with van der Waals surface area (Å²) < 4.78 is 5.58. The lowest BCUT2D eigenvalue weighted by atomic mass is 10.1. The summed E-state index contributed by atoms with van der Waals surface area (Å²) in [5, 5.41) is 3.28. The molecule has 1 N–H and O–H groups in total. The van der Waals surface area contributed by atoms with Crippen LogP contribution in [0.15, 0.2) is 0 Å². The SMILES string of the molecule is CN(CCOCC1CC1)C1CNC1. The third-order valence-electron chi connectivity index (χ3n) is 3.02. The highest BCUT2D eigenvalue weighted by Gasteiger charge is 2.22. The normalized spacial score (nSPS) is 23.5. The largest absolute Gasteiger partial charge is 0.380 e. The van der Waals surface area contributed by atoms with E-state index in [-0.39, 0.29) is 0 Å². The zero-order valence-corrected chi connectivity index (χ0v) is 8.46. The van der Waals surface area contributed by atoms with Crippen molar-refractivity contribution in [3.05, 3.63) is 0 Å².